The van der Waals surface area contributed by atoms with Crippen LogP contribution in [0.1, 0.15) is 32.1 Å². The fourth-order valence-electron chi connectivity index (χ4n) is 1.82. The average molecular weight is 276 g/mol. The Morgan fingerprint density at radius 2 is 2.18 bits per heavy atom. The van der Waals surface area contributed by atoms with Crippen molar-refractivity contribution in [1.29, 1.82) is 0 Å². The summed E-state index contributed by atoms with van der Waals surface area (Å²) in [5.74, 6) is 0. The number of thiophene rings is 1. The van der Waals surface area contributed by atoms with Crippen LogP contribution in [0.5, 0.6) is 0 Å². The molecular formula is C13H22ClNOS. The van der Waals surface area contributed by atoms with Gasteiger partial charge < -0.3 is 10.1 Å². The van der Waals surface area contributed by atoms with Crippen LogP contribution in [0.4, 0.5) is 0 Å². The van der Waals surface area contributed by atoms with Crippen LogP contribution in [0.2, 0.25) is 4.34 Å². The van der Waals surface area contributed by atoms with E-state index in [1.54, 1.807) is 18.4 Å². The van der Waals surface area contributed by atoms with Gasteiger partial charge in [0, 0.05) is 24.6 Å². The number of nitrogens with one attached hydrogen (secondary N) is 1. The van der Waals surface area contributed by atoms with Gasteiger partial charge in [0.25, 0.3) is 0 Å². The Labute approximate surface area is 113 Å². The predicted octanol–water partition coefficient (Wildman–Crippen LogP) is 3.74. The normalized spacial score (nSPS) is 13.9. The number of methoxy groups -OCH3 is 1. The third kappa shape index (κ3) is 5.87. The zero-order valence-electron chi connectivity index (χ0n) is 11.0. The molecular weight excluding hydrogens is 254 g/mol. The van der Waals surface area contributed by atoms with Gasteiger partial charge in [-0.3, -0.25) is 0 Å². The second kappa shape index (κ2) is 6.74. The third-order valence-corrected chi connectivity index (χ3v) is 4.13. The van der Waals surface area contributed by atoms with Crippen LogP contribution < -0.4 is 5.32 Å². The maximum Gasteiger partial charge on any atom is 0.0931 e. The van der Waals surface area contributed by atoms with Crippen molar-refractivity contribution in [2.24, 2.45) is 0 Å². The number of rotatable bonds is 7. The van der Waals surface area contributed by atoms with E-state index >= 15 is 0 Å². The number of hydrogen-bond acceptors (Lipinski definition) is 3. The van der Waals surface area contributed by atoms with Crippen LogP contribution in [-0.2, 0) is 11.2 Å². The molecule has 1 unspecified atom stereocenters. The highest BCUT2D eigenvalue weighted by Crippen LogP contribution is 2.21. The summed E-state index contributed by atoms with van der Waals surface area (Å²) in [6, 6.07) is 4.51. The Hall–Kier alpha value is -0.0900. The van der Waals surface area contributed by atoms with Gasteiger partial charge in [-0.25, -0.2) is 0 Å². The minimum absolute atomic E-state index is 0.0569. The predicted molar refractivity (Wildman–Crippen MR) is 76.2 cm³/mol. The van der Waals surface area contributed by atoms with Gasteiger partial charge in [-0.15, -0.1) is 11.3 Å². The largest absolute Gasteiger partial charge is 0.379 e. The lowest BCUT2D eigenvalue weighted by atomic mass is 10.00. The summed E-state index contributed by atoms with van der Waals surface area (Å²) in [7, 11) is 1.76. The van der Waals surface area contributed by atoms with Gasteiger partial charge in [-0.1, -0.05) is 11.6 Å². The van der Waals surface area contributed by atoms with E-state index in [-0.39, 0.29) is 5.60 Å². The number of halogens is 1. The molecule has 0 saturated carbocycles. The van der Waals surface area contributed by atoms with Crippen LogP contribution in [0.15, 0.2) is 12.1 Å². The highest BCUT2D eigenvalue weighted by molar-refractivity contribution is 7.16. The summed E-state index contributed by atoms with van der Waals surface area (Å²) in [5, 5.41) is 3.51. The zero-order chi connectivity index (χ0) is 12.9. The highest BCUT2D eigenvalue weighted by Gasteiger charge is 2.19. The van der Waals surface area contributed by atoms with Gasteiger partial charge in [-0.2, -0.15) is 0 Å². The first-order valence-corrected chi connectivity index (χ1v) is 7.15. The maximum absolute atomic E-state index is 5.89. The first-order chi connectivity index (χ1) is 7.93. The van der Waals surface area contributed by atoms with Gasteiger partial charge in [0.2, 0.25) is 0 Å². The Kier molecular flexibility index (Phi) is 5.93. The standard InChI is InChI=1S/C13H22ClNOS/c1-10(9-13(2,3)16-4)15-8-7-11-5-6-12(14)17-11/h5-6,10,15H,7-9H2,1-4H3. The van der Waals surface area contributed by atoms with E-state index in [2.05, 4.69) is 32.2 Å². The minimum Gasteiger partial charge on any atom is -0.379 e. The summed E-state index contributed by atoms with van der Waals surface area (Å²) >= 11 is 7.55. The molecule has 1 atom stereocenters. The van der Waals surface area contributed by atoms with E-state index in [1.807, 2.05) is 6.07 Å². The first-order valence-electron chi connectivity index (χ1n) is 5.96. The van der Waals surface area contributed by atoms with Gasteiger partial charge >= 0.3 is 0 Å². The molecule has 0 aliphatic carbocycles. The maximum atomic E-state index is 5.89. The summed E-state index contributed by atoms with van der Waals surface area (Å²) in [6.45, 7) is 7.41. The van der Waals surface area contributed by atoms with Gasteiger partial charge in [0.05, 0.1) is 9.94 Å². The quantitative estimate of drug-likeness (QED) is 0.819. The van der Waals surface area contributed by atoms with Gasteiger partial charge in [0.1, 0.15) is 0 Å². The molecule has 0 amide bonds. The highest BCUT2D eigenvalue weighted by atomic mass is 35.5. The van der Waals surface area contributed by atoms with Crippen molar-refractivity contribution >= 4 is 22.9 Å². The van der Waals surface area contributed by atoms with Crippen molar-refractivity contribution in [3.63, 3.8) is 0 Å². The lowest BCUT2D eigenvalue weighted by Gasteiger charge is -2.27. The summed E-state index contributed by atoms with van der Waals surface area (Å²) in [4.78, 5) is 1.33. The van der Waals surface area contributed by atoms with Crippen LogP contribution in [0.25, 0.3) is 0 Å². The minimum atomic E-state index is -0.0569. The van der Waals surface area contributed by atoms with Crippen LogP contribution in [0, 0.1) is 0 Å². The number of hydrogen-bond donors (Lipinski definition) is 1. The lowest BCUT2D eigenvalue weighted by molar-refractivity contribution is 0.00865. The molecule has 0 saturated heterocycles. The van der Waals surface area contributed by atoms with Gasteiger partial charge in [0.15, 0.2) is 0 Å². The van der Waals surface area contributed by atoms with Crippen LogP contribution in [0.3, 0.4) is 0 Å². The zero-order valence-corrected chi connectivity index (χ0v) is 12.6. The smallest absolute Gasteiger partial charge is 0.0931 e. The molecule has 0 aliphatic heterocycles. The molecule has 1 heterocycles. The summed E-state index contributed by atoms with van der Waals surface area (Å²) < 4.78 is 6.29. The average Bonchev–Trinajstić information content (AvgIpc) is 2.63. The van der Waals surface area contributed by atoms with E-state index in [0.717, 1.165) is 23.7 Å². The Morgan fingerprint density at radius 3 is 2.71 bits per heavy atom. The molecule has 0 radical (unpaired) electrons. The molecule has 0 aromatic carbocycles. The second-order valence-corrected chi connectivity index (χ2v) is 6.78. The fraction of sp³-hybridized carbons (Fsp3) is 0.692. The molecule has 1 rings (SSSR count). The van der Waals surface area contributed by atoms with Gasteiger partial charge in [-0.05, 0) is 45.7 Å². The van der Waals surface area contributed by atoms with Crippen molar-refractivity contribution < 1.29 is 4.74 Å². The molecule has 1 aromatic heterocycles. The van der Waals surface area contributed by atoms with E-state index in [1.165, 1.54) is 4.88 Å². The molecule has 0 aliphatic rings. The first kappa shape index (κ1) is 15.0. The molecule has 2 nitrogen and oxygen atoms in total. The van der Waals surface area contributed by atoms with Crippen molar-refractivity contribution in [2.45, 2.75) is 45.3 Å². The Balaban J connectivity index is 2.22. The molecule has 0 spiro atoms. The van der Waals surface area contributed by atoms with E-state index in [9.17, 15) is 0 Å². The van der Waals surface area contributed by atoms with E-state index in [4.69, 9.17) is 16.3 Å². The molecule has 1 N–H and O–H groups in total. The molecule has 0 bridgehead atoms. The lowest BCUT2D eigenvalue weighted by Crippen LogP contribution is -2.36. The van der Waals surface area contributed by atoms with E-state index in [0.29, 0.717) is 6.04 Å². The third-order valence-electron chi connectivity index (χ3n) is 2.84. The van der Waals surface area contributed by atoms with Crippen LogP contribution >= 0.6 is 22.9 Å². The fourth-order valence-corrected chi connectivity index (χ4v) is 2.91. The number of ether oxygens (including phenoxy) is 1. The van der Waals surface area contributed by atoms with Crippen molar-refractivity contribution in [3.05, 3.63) is 21.3 Å². The monoisotopic (exact) mass is 275 g/mol. The second-order valence-electron chi connectivity index (χ2n) is 4.98. The topological polar surface area (TPSA) is 21.3 Å². The molecule has 17 heavy (non-hydrogen) atoms. The van der Waals surface area contributed by atoms with Crippen LogP contribution in [-0.4, -0.2) is 25.3 Å². The summed E-state index contributed by atoms with van der Waals surface area (Å²) in [5.41, 5.74) is -0.0569. The summed E-state index contributed by atoms with van der Waals surface area (Å²) in [6.07, 6.45) is 2.05. The molecule has 1 aromatic rings. The molecule has 98 valence electrons. The van der Waals surface area contributed by atoms with E-state index < -0.39 is 0 Å². The Bertz CT molecular complexity index is 338. The SMILES string of the molecule is COC(C)(C)CC(C)NCCc1ccc(Cl)s1. The van der Waals surface area contributed by atoms with Crippen molar-refractivity contribution in [1.82, 2.24) is 5.32 Å². The molecule has 4 heteroatoms. The van der Waals surface area contributed by atoms with Crippen molar-refractivity contribution in [2.75, 3.05) is 13.7 Å². The molecule has 0 fully saturated rings. The van der Waals surface area contributed by atoms with Crippen molar-refractivity contribution in [3.8, 4) is 0 Å². The Morgan fingerprint density at radius 1 is 1.47 bits per heavy atom.